The molecule has 0 saturated heterocycles. The molecule has 0 aromatic carbocycles. The Kier molecular flexibility index (Phi) is 10.1. The molecule has 0 bridgehead atoms. The third-order valence-electron chi connectivity index (χ3n) is 1.77. The first-order valence-corrected chi connectivity index (χ1v) is 5.61. The van der Waals surface area contributed by atoms with Gasteiger partial charge in [-0.25, -0.2) is 0 Å². The van der Waals surface area contributed by atoms with Gasteiger partial charge in [0.25, 0.3) is 10.1 Å². The fraction of sp³-hybridized carbons (Fsp3) is 0.714. The third kappa shape index (κ3) is 7.71. The van der Waals surface area contributed by atoms with Gasteiger partial charge in [-0.05, 0) is 0 Å². The summed E-state index contributed by atoms with van der Waals surface area (Å²) in [7, 11) is -4.17. The molecule has 0 aromatic rings. The van der Waals surface area contributed by atoms with Crippen molar-refractivity contribution in [1.29, 1.82) is 0 Å². The van der Waals surface area contributed by atoms with Crippen molar-refractivity contribution in [3.8, 4) is 0 Å². The molecule has 0 aliphatic carbocycles. The molecular weight excluding hydrogens is 249 g/mol. The Labute approximate surface area is 118 Å². The van der Waals surface area contributed by atoms with Gasteiger partial charge in [-0.15, -0.1) is 0 Å². The van der Waals surface area contributed by atoms with E-state index in [-0.39, 0.29) is 37.5 Å². The van der Waals surface area contributed by atoms with Crippen LogP contribution in [-0.2, 0) is 10.1 Å². The molecule has 0 radical (unpaired) electrons. The van der Waals surface area contributed by atoms with Gasteiger partial charge in [0.1, 0.15) is 0 Å². The Morgan fingerprint density at radius 2 is 1.62 bits per heavy atom. The molecule has 0 atom stereocenters. The van der Waals surface area contributed by atoms with Gasteiger partial charge < -0.3 is 22.1 Å². The fourth-order valence-electron chi connectivity index (χ4n) is 0.763. The van der Waals surface area contributed by atoms with Crippen molar-refractivity contribution in [2.45, 2.75) is 5.54 Å². The molecule has 0 aromatic heterocycles. The maximum absolute atomic E-state index is 10.3. The Morgan fingerprint density at radius 3 is 1.94 bits per heavy atom. The largest absolute Gasteiger partial charge is 1.00 e. The number of rotatable bonds is 7. The summed E-state index contributed by atoms with van der Waals surface area (Å²) in [5.74, 6) is 0. The van der Waals surface area contributed by atoms with E-state index in [0.29, 0.717) is 5.41 Å². The molecule has 5 N–H and O–H groups in total. The van der Waals surface area contributed by atoms with Crippen molar-refractivity contribution in [3.05, 3.63) is 11.5 Å². The monoisotopic (exact) mass is 265 g/mol. The van der Waals surface area contributed by atoms with Crippen molar-refractivity contribution in [3.63, 3.8) is 0 Å². The first-order valence-electron chi connectivity index (χ1n) is 4.11. The minimum absolute atomic E-state index is 0. The van der Waals surface area contributed by atoms with Crippen LogP contribution in [0.3, 0.4) is 0 Å². The minimum Gasteiger partial charge on any atom is -1.00 e. The Bertz CT molecular complexity index is 297. The zero-order valence-electron chi connectivity index (χ0n) is 10.00. The molecular formula is C7H16NNaO6S. The summed E-state index contributed by atoms with van der Waals surface area (Å²) >= 11 is 0. The SMILES string of the molecule is O=S(=O)(O)C=CCNC(CO)(CO)CO.[H-].[Na+]. The molecule has 0 spiro atoms. The summed E-state index contributed by atoms with van der Waals surface area (Å²) in [6, 6.07) is 0. The predicted molar refractivity (Wildman–Crippen MR) is 53.8 cm³/mol. The van der Waals surface area contributed by atoms with Gasteiger partial charge in [-0.2, -0.15) is 8.42 Å². The van der Waals surface area contributed by atoms with E-state index in [9.17, 15) is 8.42 Å². The van der Waals surface area contributed by atoms with E-state index in [1.807, 2.05) is 0 Å². The van der Waals surface area contributed by atoms with Crippen LogP contribution >= 0.6 is 0 Å². The van der Waals surface area contributed by atoms with Gasteiger partial charge in [0.2, 0.25) is 0 Å². The minimum atomic E-state index is -4.17. The molecule has 0 saturated carbocycles. The molecule has 7 nitrogen and oxygen atoms in total. The summed E-state index contributed by atoms with van der Waals surface area (Å²) in [5, 5.41) is 29.7. The van der Waals surface area contributed by atoms with Gasteiger partial charge in [0, 0.05) is 6.54 Å². The van der Waals surface area contributed by atoms with Crippen LogP contribution in [0.1, 0.15) is 1.43 Å². The van der Waals surface area contributed by atoms with Crippen LogP contribution in [0.2, 0.25) is 0 Å². The van der Waals surface area contributed by atoms with Crippen molar-refractivity contribution in [1.82, 2.24) is 5.32 Å². The zero-order chi connectivity index (χ0) is 11.9. The van der Waals surface area contributed by atoms with E-state index in [1.54, 1.807) is 0 Å². The van der Waals surface area contributed by atoms with Crippen LogP contribution in [-0.4, -0.2) is 60.2 Å². The Morgan fingerprint density at radius 1 is 1.19 bits per heavy atom. The average Bonchev–Trinajstić information content (AvgIpc) is 2.18. The van der Waals surface area contributed by atoms with Gasteiger partial charge in [0.05, 0.1) is 30.8 Å². The first-order chi connectivity index (χ1) is 6.89. The van der Waals surface area contributed by atoms with Crippen LogP contribution in [0.5, 0.6) is 0 Å². The van der Waals surface area contributed by atoms with Gasteiger partial charge in [0.15, 0.2) is 0 Å². The van der Waals surface area contributed by atoms with Crippen molar-refractivity contribution in [2.24, 2.45) is 0 Å². The van der Waals surface area contributed by atoms with Gasteiger partial charge in [-0.3, -0.25) is 4.55 Å². The molecule has 0 heterocycles. The van der Waals surface area contributed by atoms with Crippen LogP contribution in [0, 0.1) is 0 Å². The van der Waals surface area contributed by atoms with E-state index < -0.39 is 35.5 Å². The smallest absolute Gasteiger partial charge is 1.00 e. The molecule has 0 unspecified atom stereocenters. The molecule has 9 heteroatoms. The molecule has 0 aliphatic heterocycles. The maximum Gasteiger partial charge on any atom is 1.00 e. The van der Waals surface area contributed by atoms with E-state index in [0.717, 1.165) is 6.08 Å². The normalized spacial score (nSPS) is 12.8. The molecule has 92 valence electrons. The average molecular weight is 265 g/mol. The zero-order valence-corrected chi connectivity index (χ0v) is 11.8. The number of hydrogen-bond donors (Lipinski definition) is 5. The molecule has 16 heavy (non-hydrogen) atoms. The second kappa shape index (κ2) is 8.56. The van der Waals surface area contributed by atoms with E-state index in [2.05, 4.69) is 5.32 Å². The quantitative estimate of drug-likeness (QED) is 0.230. The molecule has 0 amide bonds. The summed E-state index contributed by atoms with van der Waals surface area (Å²) < 4.78 is 28.8. The molecule has 0 fully saturated rings. The van der Waals surface area contributed by atoms with E-state index in [4.69, 9.17) is 19.9 Å². The van der Waals surface area contributed by atoms with E-state index >= 15 is 0 Å². The topological polar surface area (TPSA) is 127 Å². The maximum atomic E-state index is 10.3. The van der Waals surface area contributed by atoms with Crippen LogP contribution in [0.15, 0.2) is 11.5 Å². The van der Waals surface area contributed by atoms with Crippen LogP contribution in [0.25, 0.3) is 0 Å². The third-order valence-corrected chi connectivity index (χ3v) is 2.31. The first kappa shape index (κ1) is 18.8. The van der Waals surface area contributed by atoms with Crippen molar-refractivity contribution in [2.75, 3.05) is 26.4 Å². The molecule has 0 aliphatic rings. The number of aliphatic hydroxyl groups excluding tert-OH is 3. The number of hydrogen-bond acceptors (Lipinski definition) is 6. The number of nitrogens with one attached hydrogen (secondary N) is 1. The van der Waals surface area contributed by atoms with E-state index in [1.165, 1.54) is 0 Å². The summed E-state index contributed by atoms with van der Waals surface area (Å²) in [4.78, 5) is 0. The molecule has 0 rings (SSSR count). The van der Waals surface area contributed by atoms with Crippen molar-refractivity contribution < 1.29 is 59.3 Å². The standard InChI is InChI=1S/C7H15NO6S.Na.H/c9-4-7(5-10,6-11)8-2-1-3-15(12,13)14;;/h1,3,8-11H,2,4-6H2,(H,12,13,14);;/q;+1;-1. The van der Waals surface area contributed by atoms with Gasteiger partial charge >= 0.3 is 29.6 Å². The summed E-state index contributed by atoms with van der Waals surface area (Å²) in [5.41, 5.74) is -1.26. The Balaban J connectivity index is -0.000000980. The second-order valence-corrected chi connectivity index (χ2v) is 4.32. The summed E-state index contributed by atoms with van der Waals surface area (Å²) in [6.45, 7) is -1.53. The van der Waals surface area contributed by atoms with Gasteiger partial charge in [-0.1, -0.05) is 6.08 Å². The summed E-state index contributed by atoms with van der Waals surface area (Å²) in [6.07, 6.45) is 1.09. The van der Waals surface area contributed by atoms with Crippen LogP contribution < -0.4 is 34.9 Å². The van der Waals surface area contributed by atoms with Crippen LogP contribution in [0.4, 0.5) is 0 Å². The fourth-order valence-corrected chi connectivity index (χ4v) is 1.10. The Hall–Kier alpha value is 0.490. The van der Waals surface area contributed by atoms with Crippen molar-refractivity contribution >= 4 is 10.1 Å². The number of aliphatic hydroxyl groups is 3. The predicted octanol–water partition coefficient (Wildman–Crippen LogP) is -5.19. The second-order valence-electron chi connectivity index (χ2n) is 3.02.